The second-order valence-corrected chi connectivity index (χ2v) is 7.04. The topological polar surface area (TPSA) is 30.7 Å². The summed E-state index contributed by atoms with van der Waals surface area (Å²) in [5.74, 6) is 2.53. The van der Waals surface area contributed by atoms with E-state index in [2.05, 4.69) is 71.9 Å². The number of aryl methyl sites for hydroxylation is 1. The normalized spacial score (nSPS) is 11.1. The van der Waals surface area contributed by atoms with E-state index in [0.717, 1.165) is 28.0 Å². The minimum atomic E-state index is 0.615. The molecule has 3 nitrogen and oxygen atoms in total. The maximum Gasteiger partial charge on any atom is 0.196 e. The van der Waals surface area contributed by atoms with Crippen LogP contribution in [0.5, 0.6) is 0 Å². The van der Waals surface area contributed by atoms with Crippen molar-refractivity contribution in [1.29, 1.82) is 0 Å². The Morgan fingerprint density at radius 2 is 1.65 bits per heavy atom. The summed E-state index contributed by atoms with van der Waals surface area (Å²) in [4.78, 5) is 0. The smallest absolute Gasteiger partial charge is 0.196 e. The number of para-hydroxylation sites is 1. The zero-order valence-electron chi connectivity index (χ0n) is 13.7. The van der Waals surface area contributed by atoms with Crippen LogP contribution in [0.4, 0.5) is 0 Å². The van der Waals surface area contributed by atoms with Crippen molar-refractivity contribution in [3.8, 4) is 17.1 Å². The maximum absolute atomic E-state index is 4.46. The second kappa shape index (κ2) is 7.01. The molecule has 0 bridgehead atoms. The molecule has 3 rings (SSSR count). The van der Waals surface area contributed by atoms with Gasteiger partial charge >= 0.3 is 0 Å². The molecular formula is C19H21N3S. The first-order valence-electron chi connectivity index (χ1n) is 7.86. The van der Waals surface area contributed by atoms with Gasteiger partial charge in [0.15, 0.2) is 11.0 Å². The Balaban J connectivity index is 2.07. The summed E-state index contributed by atoms with van der Waals surface area (Å²) in [5, 5.41) is 9.85. The van der Waals surface area contributed by atoms with E-state index in [0.29, 0.717) is 5.92 Å². The first kappa shape index (κ1) is 15.8. The zero-order valence-corrected chi connectivity index (χ0v) is 14.5. The molecule has 0 unspecified atom stereocenters. The van der Waals surface area contributed by atoms with Crippen molar-refractivity contribution < 1.29 is 0 Å². The van der Waals surface area contributed by atoms with Gasteiger partial charge in [-0.05, 0) is 25.0 Å². The summed E-state index contributed by atoms with van der Waals surface area (Å²) in [6, 6.07) is 18.8. The van der Waals surface area contributed by atoms with Crippen molar-refractivity contribution in [2.45, 2.75) is 25.9 Å². The molecule has 0 spiro atoms. The maximum atomic E-state index is 4.46. The van der Waals surface area contributed by atoms with Gasteiger partial charge in [-0.1, -0.05) is 73.6 Å². The fourth-order valence-electron chi connectivity index (χ4n) is 2.30. The highest BCUT2D eigenvalue weighted by atomic mass is 32.2. The quantitative estimate of drug-likeness (QED) is 0.620. The van der Waals surface area contributed by atoms with Crippen LogP contribution >= 0.6 is 11.8 Å². The molecule has 118 valence electrons. The lowest BCUT2D eigenvalue weighted by molar-refractivity contribution is 0.746. The van der Waals surface area contributed by atoms with E-state index in [4.69, 9.17) is 0 Å². The molecule has 4 heteroatoms. The van der Waals surface area contributed by atoms with Crippen LogP contribution in [0.1, 0.15) is 19.4 Å². The molecule has 0 amide bonds. The third kappa shape index (κ3) is 3.64. The molecule has 3 aromatic rings. The average molecular weight is 323 g/mol. The van der Waals surface area contributed by atoms with Crippen LogP contribution in [0.15, 0.2) is 59.8 Å². The average Bonchev–Trinajstić information content (AvgIpc) is 2.98. The van der Waals surface area contributed by atoms with Gasteiger partial charge in [0.25, 0.3) is 0 Å². The molecule has 0 N–H and O–H groups in total. The lowest BCUT2D eigenvalue weighted by atomic mass is 10.1. The van der Waals surface area contributed by atoms with Crippen LogP contribution in [0.2, 0.25) is 0 Å². The SMILES string of the molecule is Cc1ccc(-c2nnc(SCC(C)C)n2-c2ccccc2)cc1. The zero-order chi connectivity index (χ0) is 16.2. The molecule has 0 fully saturated rings. The van der Waals surface area contributed by atoms with Crippen LogP contribution in [-0.4, -0.2) is 20.5 Å². The Labute approximate surface area is 141 Å². The monoisotopic (exact) mass is 323 g/mol. The van der Waals surface area contributed by atoms with Gasteiger partial charge in [0, 0.05) is 17.0 Å². The summed E-state index contributed by atoms with van der Waals surface area (Å²) in [5.41, 5.74) is 3.43. The van der Waals surface area contributed by atoms with Gasteiger partial charge in [0.1, 0.15) is 0 Å². The fraction of sp³-hybridized carbons (Fsp3) is 0.263. The van der Waals surface area contributed by atoms with Crippen molar-refractivity contribution >= 4 is 11.8 Å². The number of aromatic nitrogens is 3. The summed E-state index contributed by atoms with van der Waals surface area (Å²) in [6.45, 7) is 6.53. The number of nitrogens with zero attached hydrogens (tertiary/aromatic N) is 3. The summed E-state index contributed by atoms with van der Waals surface area (Å²) >= 11 is 1.76. The van der Waals surface area contributed by atoms with Crippen molar-refractivity contribution in [2.75, 3.05) is 5.75 Å². The van der Waals surface area contributed by atoms with Gasteiger partial charge in [0.2, 0.25) is 0 Å². The molecular weight excluding hydrogens is 302 g/mol. The van der Waals surface area contributed by atoms with Gasteiger partial charge in [0.05, 0.1) is 0 Å². The third-order valence-electron chi connectivity index (χ3n) is 3.50. The Hall–Kier alpha value is -2.07. The second-order valence-electron chi connectivity index (χ2n) is 6.05. The van der Waals surface area contributed by atoms with E-state index in [-0.39, 0.29) is 0 Å². The largest absolute Gasteiger partial charge is 0.270 e. The first-order valence-corrected chi connectivity index (χ1v) is 8.84. The highest BCUT2D eigenvalue weighted by Gasteiger charge is 2.16. The minimum absolute atomic E-state index is 0.615. The number of hydrogen-bond acceptors (Lipinski definition) is 3. The lowest BCUT2D eigenvalue weighted by Gasteiger charge is -2.11. The van der Waals surface area contributed by atoms with Crippen molar-refractivity contribution in [3.63, 3.8) is 0 Å². The van der Waals surface area contributed by atoms with Gasteiger partial charge in [-0.2, -0.15) is 0 Å². The Kier molecular flexibility index (Phi) is 4.82. The van der Waals surface area contributed by atoms with E-state index < -0.39 is 0 Å². The van der Waals surface area contributed by atoms with Crippen LogP contribution in [-0.2, 0) is 0 Å². The van der Waals surface area contributed by atoms with Gasteiger partial charge in [-0.3, -0.25) is 4.57 Å². The van der Waals surface area contributed by atoms with E-state index in [1.807, 2.05) is 18.2 Å². The number of hydrogen-bond donors (Lipinski definition) is 0. The fourth-order valence-corrected chi connectivity index (χ4v) is 3.21. The molecule has 1 aromatic heterocycles. The highest BCUT2D eigenvalue weighted by Crippen LogP contribution is 2.28. The molecule has 23 heavy (non-hydrogen) atoms. The molecule has 1 heterocycles. The summed E-state index contributed by atoms with van der Waals surface area (Å²) in [6.07, 6.45) is 0. The lowest BCUT2D eigenvalue weighted by Crippen LogP contribution is -2.01. The number of benzene rings is 2. The van der Waals surface area contributed by atoms with E-state index in [1.54, 1.807) is 11.8 Å². The van der Waals surface area contributed by atoms with E-state index in [1.165, 1.54) is 5.56 Å². The molecule has 0 saturated heterocycles. The van der Waals surface area contributed by atoms with Gasteiger partial charge in [-0.25, -0.2) is 0 Å². The molecule has 2 aromatic carbocycles. The molecule has 0 radical (unpaired) electrons. The van der Waals surface area contributed by atoms with E-state index >= 15 is 0 Å². The summed E-state index contributed by atoms with van der Waals surface area (Å²) < 4.78 is 2.15. The molecule has 0 aliphatic heterocycles. The van der Waals surface area contributed by atoms with Crippen molar-refractivity contribution in [1.82, 2.24) is 14.8 Å². The summed E-state index contributed by atoms with van der Waals surface area (Å²) in [7, 11) is 0. The Morgan fingerprint density at radius 3 is 2.30 bits per heavy atom. The van der Waals surface area contributed by atoms with Crippen molar-refractivity contribution in [2.24, 2.45) is 5.92 Å². The molecule has 0 atom stereocenters. The third-order valence-corrected chi connectivity index (χ3v) is 4.86. The minimum Gasteiger partial charge on any atom is -0.270 e. The Morgan fingerprint density at radius 1 is 0.957 bits per heavy atom. The molecule has 0 saturated carbocycles. The van der Waals surface area contributed by atoms with E-state index in [9.17, 15) is 0 Å². The highest BCUT2D eigenvalue weighted by molar-refractivity contribution is 7.99. The Bertz CT molecular complexity index is 761. The van der Waals surface area contributed by atoms with Crippen molar-refractivity contribution in [3.05, 3.63) is 60.2 Å². The van der Waals surface area contributed by atoms with Crippen LogP contribution in [0.25, 0.3) is 17.1 Å². The van der Waals surface area contributed by atoms with Crippen LogP contribution in [0.3, 0.4) is 0 Å². The molecule has 0 aliphatic carbocycles. The number of thioether (sulfide) groups is 1. The van der Waals surface area contributed by atoms with Gasteiger partial charge in [-0.15, -0.1) is 10.2 Å². The standard InChI is InChI=1S/C19H21N3S/c1-14(2)13-23-19-21-20-18(16-11-9-15(3)10-12-16)22(19)17-7-5-4-6-8-17/h4-12,14H,13H2,1-3H3. The first-order chi connectivity index (χ1) is 11.1. The van der Waals surface area contributed by atoms with Crippen LogP contribution < -0.4 is 0 Å². The molecule has 0 aliphatic rings. The predicted molar refractivity (Wildman–Crippen MR) is 97.1 cm³/mol. The predicted octanol–water partition coefficient (Wildman–Crippen LogP) is 4.99. The van der Waals surface area contributed by atoms with Crippen LogP contribution in [0, 0.1) is 12.8 Å². The number of rotatable bonds is 5. The van der Waals surface area contributed by atoms with Gasteiger partial charge < -0.3 is 0 Å².